The quantitative estimate of drug-likeness (QED) is 0.0271. The second kappa shape index (κ2) is 39.8. The van der Waals surface area contributed by atoms with Crippen LogP contribution in [0.5, 0.6) is 0 Å². The summed E-state index contributed by atoms with van der Waals surface area (Å²) in [5.41, 5.74) is 0. The molecule has 0 aromatic carbocycles. The highest BCUT2D eigenvalue weighted by Crippen LogP contribution is 2.41. The minimum absolute atomic E-state index is 0.841. The van der Waals surface area contributed by atoms with Crippen molar-refractivity contribution in [3.8, 4) is 0 Å². The summed E-state index contributed by atoms with van der Waals surface area (Å²) in [6.45, 7) is -6.21. The van der Waals surface area contributed by atoms with Gasteiger partial charge in [0.25, 0.3) is 0 Å². The molecule has 682 valence electrons. The van der Waals surface area contributed by atoms with Crippen molar-refractivity contribution in [2.24, 2.45) is 0 Å². The van der Waals surface area contributed by atoms with Crippen LogP contribution < -0.4 is 19.5 Å². The van der Waals surface area contributed by atoms with Crippen molar-refractivity contribution in [1.82, 2.24) is 19.5 Å². The van der Waals surface area contributed by atoms with E-state index in [1.807, 2.05) is 0 Å². The highest BCUT2D eigenvalue weighted by molar-refractivity contribution is 7.84. The summed E-state index contributed by atoms with van der Waals surface area (Å²) in [5.74, 6) is -9.50. The molecule has 9 saturated heterocycles. The van der Waals surface area contributed by atoms with Gasteiger partial charge in [0.1, 0.15) is 195 Å². The van der Waals surface area contributed by atoms with Crippen molar-refractivity contribution in [1.29, 1.82) is 0 Å². The number of ether oxygens (including phenoxy) is 17. The highest BCUT2D eigenvalue weighted by atomic mass is 32.2. The molecule has 9 rings (SSSR count). The average Bonchev–Trinajstić information content (AvgIpc) is 1.04. The third-order valence-electron chi connectivity index (χ3n) is 19.9. The lowest BCUT2D eigenvalue weighted by molar-refractivity contribution is -0.382. The van der Waals surface area contributed by atoms with E-state index >= 15 is 0 Å². The number of amides is 1. The lowest BCUT2D eigenvalue weighted by atomic mass is 9.94. The van der Waals surface area contributed by atoms with Crippen LogP contribution in [0.4, 0.5) is 0 Å². The number of hydrogen-bond acceptors (Lipinski definition) is 48. The molecule has 0 aliphatic carbocycles. The zero-order chi connectivity index (χ0) is 87.9. The summed E-state index contributed by atoms with van der Waals surface area (Å²) in [5, 5.41) is 263. The Morgan fingerprint density at radius 1 is 0.263 bits per heavy atom. The Hall–Kier alpha value is -4.52. The summed E-state index contributed by atoms with van der Waals surface area (Å²) in [6, 6.07) is -9.71. The topological polar surface area (TPSA) is 939 Å². The zero-order valence-electron chi connectivity index (χ0n) is 59.9. The van der Waals surface area contributed by atoms with Crippen LogP contribution in [0, 0.1) is 0 Å². The van der Waals surface area contributed by atoms with Gasteiger partial charge in [-0.05, 0) is 0 Å². The fourth-order valence-corrected chi connectivity index (χ4v) is 16.0. The second-order valence-corrected chi connectivity index (χ2v) is 31.3. The van der Waals surface area contributed by atoms with Gasteiger partial charge < -0.3 is 208 Å². The van der Waals surface area contributed by atoms with Crippen molar-refractivity contribution < 1.29 is 266 Å². The average molecular weight is 1800 g/mol. The number of carbonyl (C=O) groups excluding carboxylic acids is 1. The Balaban J connectivity index is 0.882. The number of nitrogens with one attached hydrogen (secondary N) is 4. The first-order chi connectivity index (χ1) is 55.0. The van der Waals surface area contributed by atoms with Gasteiger partial charge in [-0.2, -0.15) is 39.4 Å². The SMILES string of the molecule is CC(=O)N[C@H]1[C@@H](O[C@H]2[C@H](O)[C@@H](O)[C@H](O[C@H]3[C@H](O)[C@@H](NS(=O)(=O)O)[C@@H](O[C@H]4[C@H](O)[C@@H](O)[C@H](O[C@H]5[C@H](O)[C@@H](NS(=O)(=O)O)[C@@H](O[C@H]6[C@H](O)[C@@H](O)[C@H](O[C@H]7[C@H](O)[C@@H](NS(=O)(=O)O)[C@@H](O[C@H]8[C@H](O)[C@@H](O)[C@H](O[C@H]9[C@H](O)[C@@H](CO)O[C@@H]9CO)O[C@@H]8C(=O)O)O[C@@H]7CO)O[C@@H]6C(=O)O)O[C@@H]5CO)O[C@@H]4C(=O)O)O[C@@H]3CO)O[C@@H]2C(=O)O)O[C@H](CO)[C@@H](O)[C@@H]1O. The number of aliphatic carboxylic acids is 4. The molecular formula is C56H90N4O55S3. The van der Waals surface area contributed by atoms with Gasteiger partial charge in [-0.25, -0.2) is 19.2 Å². The Morgan fingerprint density at radius 2 is 0.475 bits per heavy atom. The molecule has 0 saturated carbocycles. The number of carboxylic acids is 4. The van der Waals surface area contributed by atoms with Gasteiger partial charge in [0.15, 0.2) is 74.7 Å². The van der Waals surface area contributed by atoms with Crippen LogP contribution in [0.15, 0.2) is 0 Å². The third kappa shape index (κ3) is 21.7. The minimum atomic E-state index is -5.77. The van der Waals surface area contributed by atoms with Crippen molar-refractivity contribution in [2.45, 2.75) is 277 Å². The largest absolute Gasteiger partial charge is 0.479 e. The number of rotatable bonds is 33. The first-order valence-electron chi connectivity index (χ1n) is 34.8. The van der Waals surface area contributed by atoms with Crippen molar-refractivity contribution in [3.63, 3.8) is 0 Å². The zero-order valence-corrected chi connectivity index (χ0v) is 62.3. The number of carbonyl (C=O) groups is 5. The number of carboxylic acid groups (broad SMARTS) is 4. The van der Waals surface area contributed by atoms with E-state index in [4.69, 9.17) is 80.5 Å². The van der Waals surface area contributed by atoms with Crippen LogP contribution in [0.3, 0.4) is 0 Å². The molecule has 1 amide bonds. The van der Waals surface area contributed by atoms with E-state index in [0.717, 1.165) is 6.92 Å². The van der Waals surface area contributed by atoms with Crippen molar-refractivity contribution in [2.75, 3.05) is 39.6 Å². The van der Waals surface area contributed by atoms with E-state index in [-0.39, 0.29) is 0 Å². The molecule has 44 atom stereocenters. The number of aliphatic hydroxyl groups is 20. The molecule has 0 bridgehead atoms. The molecule has 0 radical (unpaired) electrons. The van der Waals surface area contributed by atoms with Gasteiger partial charge >= 0.3 is 54.8 Å². The van der Waals surface area contributed by atoms with Gasteiger partial charge in [0, 0.05) is 6.92 Å². The normalized spacial score (nSPS) is 46.7. The Bertz CT molecular complexity index is 3740. The Morgan fingerprint density at radius 3 is 0.703 bits per heavy atom. The molecule has 59 nitrogen and oxygen atoms in total. The third-order valence-corrected chi connectivity index (χ3v) is 21.7. The number of aliphatic hydroxyl groups excluding tert-OH is 20. The molecule has 9 fully saturated rings. The molecule has 9 heterocycles. The monoisotopic (exact) mass is 1790 g/mol. The maximum absolute atomic E-state index is 13.0. The van der Waals surface area contributed by atoms with E-state index in [9.17, 15) is 185 Å². The van der Waals surface area contributed by atoms with Gasteiger partial charge in [-0.3, -0.25) is 18.5 Å². The maximum atomic E-state index is 13.0. The fraction of sp³-hybridized carbons (Fsp3) is 0.911. The van der Waals surface area contributed by atoms with Crippen LogP contribution in [0.25, 0.3) is 0 Å². The summed E-state index contributed by atoms with van der Waals surface area (Å²) in [6.07, 6.45) is -96.8. The first kappa shape index (κ1) is 97.3. The lowest BCUT2D eigenvalue weighted by Crippen LogP contribution is -2.71. The minimum Gasteiger partial charge on any atom is -0.479 e. The molecule has 0 spiro atoms. The molecule has 118 heavy (non-hydrogen) atoms. The van der Waals surface area contributed by atoms with Crippen LogP contribution in [-0.4, -0.2) is 501 Å². The fourth-order valence-electron chi connectivity index (χ4n) is 14.3. The molecule has 0 unspecified atom stereocenters. The predicted octanol–water partition coefficient (Wildman–Crippen LogP) is -21.2. The number of hydrogen-bond donors (Lipinski definition) is 31. The summed E-state index contributed by atoms with van der Waals surface area (Å²) >= 11 is 0. The van der Waals surface area contributed by atoms with E-state index in [1.54, 1.807) is 0 Å². The predicted molar refractivity (Wildman–Crippen MR) is 347 cm³/mol. The molecule has 9 aliphatic heterocycles. The molecule has 0 aromatic heterocycles. The van der Waals surface area contributed by atoms with Crippen molar-refractivity contribution in [3.05, 3.63) is 0 Å². The van der Waals surface area contributed by atoms with Crippen LogP contribution in [0.2, 0.25) is 0 Å². The van der Waals surface area contributed by atoms with E-state index < -0.39 is 370 Å². The summed E-state index contributed by atoms with van der Waals surface area (Å²) in [4.78, 5) is 63.5. The van der Waals surface area contributed by atoms with Gasteiger partial charge in [0.05, 0.1) is 39.6 Å². The summed E-state index contributed by atoms with van der Waals surface area (Å²) in [7, 11) is -17.1. The van der Waals surface area contributed by atoms with Crippen molar-refractivity contribution >= 4 is 60.7 Å². The second-order valence-electron chi connectivity index (χ2n) is 27.8. The standard InChI is InChI=1S/C56H90N4O55S3/c1-8(67)57-15-21(70)19(68)9(2-61)100-49(15)108-37-25(74)30(79)54(113-41(37)45(82)83)105-34-12(5-64)102-51(17(22(34)71)59-117(93,94)95)110-39-27(76)32(81)56(115-43(39)47(86)87)107-36-14(7-66)103-52(18(24(36)73)60-118(96,97)98)111-40-28(77)31(80)55(114-44(40)48(88)89)106-35-13(6-65)101-50(16(23(35)72)58-116(90,91)92)109-38-26(75)29(78)53(112-42(38)46(84)85)104-33-11(4-63)99-10(3-62)20(33)69/h9-44,49-56,58-66,68-81H,2-7H2,1H3,(H,57,67)(H,82,83)(H,84,85)(H,86,87)(H,88,89)(H,90,91,92)(H,93,94,95)(H,96,97,98)/t9-,10-,11-,12-,13-,14-,15-,16-,17-,18-,19-,20-,21-,22-,23-,24-,25-,26-,27-,28-,29-,30-,31-,32-,33-,34-,35-,36-,37+,38+,39+,40+,41+,42+,43+,44+,49-,50-,51-,52-,53-,54-,55-,56-/m1/s1. The smallest absolute Gasteiger partial charge is 0.335 e. The molecular weight excluding hydrogens is 1700 g/mol. The van der Waals surface area contributed by atoms with Gasteiger partial charge in [0.2, 0.25) is 5.91 Å². The molecule has 9 aliphatic rings. The molecule has 62 heteroatoms. The van der Waals surface area contributed by atoms with E-state index in [1.165, 1.54) is 14.2 Å². The van der Waals surface area contributed by atoms with Gasteiger partial charge in [-0.1, -0.05) is 0 Å². The van der Waals surface area contributed by atoms with E-state index in [2.05, 4.69) is 5.32 Å². The molecule has 31 N–H and O–H groups in total. The Labute approximate surface area is 660 Å². The van der Waals surface area contributed by atoms with Crippen LogP contribution in [0.1, 0.15) is 6.92 Å². The van der Waals surface area contributed by atoms with Crippen LogP contribution >= 0.6 is 0 Å². The highest BCUT2D eigenvalue weighted by Gasteiger charge is 2.63. The van der Waals surface area contributed by atoms with Gasteiger partial charge in [-0.15, -0.1) is 0 Å². The lowest BCUT2D eigenvalue weighted by Gasteiger charge is -2.50. The molecule has 0 aromatic rings. The first-order valence-corrected chi connectivity index (χ1v) is 39.1. The van der Waals surface area contributed by atoms with E-state index in [0.29, 0.717) is 0 Å². The maximum Gasteiger partial charge on any atom is 0.335 e. The summed E-state index contributed by atoms with van der Waals surface area (Å²) < 4.78 is 202. The van der Waals surface area contributed by atoms with Crippen LogP contribution in [-0.2, 0) is 135 Å². The Kier molecular flexibility index (Phi) is 32.8.